The predicted molar refractivity (Wildman–Crippen MR) is 124 cm³/mol. The van der Waals surface area contributed by atoms with Crippen molar-refractivity contribution in [2.75, 3.05) is 26.2 Å². The van der Waals surface area contributed by atoms with Crippen LogP contribution in [0.5, 0.6) is 0 Å². The monoisotopic (exact) mass is 432 g/mol. The molecule has 4 N–H and O–H groups in total. The van der Waals surface area contributed by atoms with Gasteiger partial charge in [0.25, 0.3) is 0 Å². The van der Waals surface area contributed by atoms with Crippen molar-refractivity contribution in [3.8, 4) is 0 Å². The molecular weight excluding hydrogens is 392 g/mol. The van der Waals surface area contributed by atoms with Crippen molar-refractivity contribution in [1.82, 2.24) is 15.5 Å². The average molecular weight is 433 g/mol. The number of nitrogens with two attached hydrogens (primary N) is 1. The number of hydrogen-bond donors (Lipinski definition) is 3. The lowest BCUT2D eigenvalue weighted by Gasteiger charge is -2.28. The van der Waals surface area contributed by atoms with Gasteiger partial charge in [0.1, 0.15) is 5.60 Å². The van der Waals surface area contributed by atoms with Crippen molar-refractivity contribution in [2.45, 2.75) is 77.0 Å². The number of nitrogens with zero attached hydrogens (tertiary/aromatic N) is 1. The third kappa shape index (κ3) is 8.50. The smallest absolute Gasteiger partial charge is 0.407 e. The highest BCUT2D eigenvalue weighted by Crippen LogP contribution is 2.22. The van der Waals surface area contributed by atoms with Crippen LogP contribution in [0.4, 0.5) is 4.79 Å². The minimum Gasteiger partial charge on any atom is -0.444 e. The van der Waals surface area contributed by atoms with Crippen molar-refractivity contribution in [1.29, 1.82) is 0 Å². The van der Waals surface area contributed by atoms with Gasteiger partial charge in [-0.25, -0.2) is 4.79 Å². The molecule has 2 rings (SSSR count). The van der Waals surface area contributed by atoms with E-state index in [1.807, 2.05) is 31.7 Å². The number of nitrogens with one attached hydrogen (secondary N) is 2. The van der Waals surface area contributed by atoms with Crippen LogP contribution in [0.3, 0.4) is 0 Å². The summed E-state index contributed by atoms with van der Waals surface area (Å²) in [5.41, 5.74) is 6.68. The molecule has 7 heteroatoms. The molecule has 174 valence electrons. The molecule has 7 nitrogen and oxygen atoms in total. The topological polar surface area (TPSA) is 96.7 Å². The van der Waals surface area contributed by atoms with Crippen LogP contribution in [-0.2, 0) is 9.53 Å². The minimum absolute atomic E-state index is 0.120. The van der Waals surface area contributed by atoms with Crippen molar-refractivity contribution in [3.05, 3.63) is 35.9 Å². The molecule has 1 heterocycles. The Bertz CT molecular complexity index is 690. The highest BCUT2D eigenvalue weighted by atomic mass is 16.6. The Morgan fingerprint density at radius 3 is 2.65 bits per heavy atom. The molecule has 0 saturated carbocycles. The number of benzene rings is 1. The molecule has 3 atom stereocenters. The number of ether oxygens (including phenoxy) is 1. The SMILES string of the molecule is CCC(CN1CCC(CN)N[C@@H](CCCNC(=O)OC(C)(C)C)C1=O)c1ccccc1. The van der Waals surface area contributed by atoms with E-state index in [2.05, 4.69) is 41.8 Å². The first kappa shape index (κ1) is 25.1. The maximum atomic E-state index is 13.3. The Morgan fingerprint density at radius 2 is 2.03 bits per heavy atom. The molecule has 0 aliphatic carbocycles. The maximum Gasteiger partial charge on any atom is 0.407 e. The van der Waals surface area contributed by atoms with Gasteiger partial charge in [0.2, 0.25) is 5.91 Å². The Morgan fingerprint density at radius 1 is 1.32 bits per heavy atom. The second kappa shape index (κ2) is 12.1. The second-order valence-electron chi connectivity index (χ2n) is 9.31. The quantitative estimate of drug-likeness (QED) is 0.521. The molecule has 0 spiro atoms. The Labute approximate surface area is 187 Å². The van der Waals surface area contributed by atoms with Crippen LogP contribution in [0.25, 0.3) is 0 Å². The number of rotatable bonds is 9. The fourth-order valence-electron chi connectivity index (χ4n) is 3.93. The Kier molecular flexibility index (Phi) is 9.78. The first-order valence-electron chi connectivity index (χ1n) is 11.5. The van der Waals surface area contributed by atoms with Crippen molar-refractivity contribution in [2.24, 2.45) is 5.73 Å². The largest absolute Gasteiger partial charge is 0.444 e. The molecule has 2 amide bonds. The summed E-state index contributed by atoms with van der Waals surface area (Å²) in [5, 5.41) is 6.21. The van der Waals surface area contributed by atoms with Crippen LogP contribution in [0.15, 0.2) is 30.3 Å². The summed E-state index contributed by atoms with van der Waals surface area (Å²) in [7, 11) is 0. The fraction of sp³-hybridized carbons (Fsp3) is 0.667. The third-order valence-electron chi connectivity index (χ3n) is 5.62. The summed E-state index contributed by atoms with van der Waals surface area (Å²) in [6.45, 7) is 10.1. The molecule has 1 aliphatic heterocycles. The molecule has 1 aromatic rings. The van der Waals surface area contributed by atoms with Gasteiger partial charge in [-0.15, -0.1) is 0 Å². The van der Waals surface area contributed by atoms with Crippen molar-refractivity contribution in [3.63, 3.8) is 0 Å². The van der Waals surface area contributed by atoms with Gasteiger partial charge < -0.3 is 26.0 Å². The zero-order valence-electron chi connectivity index (χ0n) is 19.5. The number of amides is 2. The van der Waals surface area contributed by atoms with Gasteiger partial charge in [-0.05, 0) is 52.0 Å². The fourth-order valence-corrected chi connectivity index (χ4v) is 3.93. The van der Waals surface area contributed by atoms with E-state index >= 15 is 0 Å². The molecule has 1 fully saturated rings. The molecule has 31 heavy (non-hydrogen) atoms. The van der Waals surface area contributed by atoms with E-state index in [4.69, 9.17) is 10.5 Å². The molecular formula is C24H40N4O3. The van der Waals surface area contributed by atoms with E-state index in [9.17, 15) is 9.59 Å². The van der Waals surface area contributed by atoms with Gasteiger partial charge in [0.15, 0.2) is 0 Å². The summed E-state index contributed by atoms with van der Waals surface area (Å²) in [5.74, 6) is 0.441. The van der Waals surface area contributed by atoms with Gasteiger partial charge in [-0.1, -0.05) is 37.3 Å². The van der Waals surface area contributed by atoms with Gasteiger partial charge >= 0.3 is 6.09 Å². The van der Waals surface area contributed by atoms with Gasteiger partial charge in [-0.2, -0.15) is 0 Å². The number of carbonyl (C=O) groups is 2. The Balaban J connectivity index is 1.95. The van der Waals surface area contributed by atoms with Crippen molar-refractivity contribution >= 4 is 12.0 Å². The first-order valence-corrected chi connectivity index (χ1v) is 11.5. The molecule has 0 aromatic heterocycles. The van der Waals surface area contributed by atoms with Crippen LogP contribution < -0.4 is 16.4 Å². The third-order valence-corrected chi connectivity index (χ3v) is 5.62. The summed E-state index contributed by atoms with van der Waals surface area (Å²) < 4.78 is 5.26. The summed E-state index contributed by atoms with van der Waals surface area (Å²) in [4.78, 5) is 27.1. The van der Waals surface area contributed by atoms with E-state index in [0.29, 0.717) is 44.9 Å². The summed E-state index contributed by atoms with van der Waals surface area (Å²) in [6, 6.07) is 10.2. The molecule has 2 unspecified atom stereocenters. The van der Waals surface area contributed by atoms with Gasteiger partial charge in [-0.3, -0.25) is 4.79 Å². The first-order chi connectivity index (χ1) is 14.7. The number of hydrogen-bond acceptors (Lipinski definition) is 5. The van der Waals surface area contributed by atoms with E-state index in [-0.39, 0.29) is 18.0 Å². The predicted octanol–water partition coefficient (Wildman–Crippen LogP) is 3.00. The highest BCUT2D eigenvalue weighted by Gasteiger charge is 2.31. The van der Waals surface area contributed by atoms with E-state index in [0.717, 1.165) is 12.8 Å². The number of alkyl carbamates (subject to hydrolysis) is 1. The van der Waals surface area contributed by atoms with Gasteiger partial charge in [0.05, 0.1) is 6.04 Å². The van der Waals surface area contributed by atoms with E-state index < -0.39 is 11.7 Å². The van der Waals surface area contributed by atoms with Crippen LogP contribution >= 0.6 is 0 Å². The average Bonchev–Trinajstić information content (AvgIpc) is 2.87. The molecule has 0 radical (unpaired) electrons. The lowest BCUT2D eigenvalue weighted by Crippen LogP contribution is -2.48. The normalized spacial score (nSPS) is 20.8. The summed E-state index contributed by atoms with van der Waals surface area (Å²) in [6.07, 6.45) is 2.72. The molecule has 1 aliphatic rings. The standard InChI is InChI=1S/C24H40N4O3/c1-5-18(19-10-7-6-8-11-19)17-28-15-13-20(16-25)27-21(22(28)29)12-9-14-26-23(30)31-24(2,3)4/h6-8,10-11,18,20-21,27H,5,9,12-17,25H2,1-4H3,(H,26,30)/t18?,20?,21-/m0/s1. The minimum atomic E-state index is -0.522. The van der Waals surface area contributed by atoms with E-state index in [1.165, 1.54) is 5.56 Å². The van der Waals surface area contributed by atoms with Gasteiger partial charge in [0, 0.05) is 38.1 Å². The van der Waals surface area contributed by atoms with Crippen LogP contribution in [-0.4, -0.2) is 60.8 Å². The van der Waals surface area contributed by atoms with Crippen LogP contribution in [0, 0.1) is 0 Å². The second-order valence-corrected chi connectivity index (χ2v) is 9.31. The van der Waals surface area contributed by atoms with Crippen molar-refractivity contribution < 1.29 is 14.3 Å². The molecule has 1 aromatic carbocycles. The summed E-state index contributed by atoms with van der Waals surface area (Å²) >= 11 is 0. The highest BCUT2D eigenvalue weighted by molar-refractivity contribution is 5.82. The zero-order valence-corrected chi connectivity index (χ0v) is 19.5. The maximum absolute atomic E-state index is 13.3. The number of carbonyl (C=O) groups excluding carboxylic acids is 2. The van der Waals surface area contributed by atoms with Crippen LogP contribution in [0.1, 0.15) is 64.9 Å². The molecule has 0 bridgehead atoms. The van der Waals surface area contributed by atoms with Crippen LogP contribution in [0.2, 0.25) is 0 Å². The molecule has 1 saturated heterocycles. The lowest BCUT2D eigenvalue weighted by atomic mass is 9.95. The van der Waals surface area contributed by atoms with E-state index in [1.54, 1.807) is 0 Å². The Hall–Kier alpha value is -2.12. The lowest BCUT2D eigenvalue weighted by molar-refractivity contribution is -0.133. The zero-order chi connectivity index (χ0) is 22.9.